The summed E-state index contributed by atoms with van der Waals surface area (Å²) in [5.74, 6) is 1.34. The smallest absolute Gasteiger partial charge is 0.319 e. The van der Waals surface area contributed by atoms with E-state index in [1.807, 2.05) is 18.9 Å². The number of nitrogens with zero attached hydrogens (tertiary/aromatic N) is 5. The molecule has 1 fully saturated rings. The lowest BCUT2D eigenvalue weighted by atomic mass is 10.0. The molecule has 0 bridgehead atoms. The van der Waals surface area contributed by atoms with Crippen LogP contribution < -0.4 is 0 Å². The molecular formula is C13H23N5O2. The molecule has 0 unspecified atom stereocenters. The minimum atomic E-state index is 0.0657. The Balaban J connectivity index is 1.81. The highest BCUT2D eigenvalue weighted by Gasteiger charge is 2.26. The zero-order valence-electron chi connectivity index (χ0n) is 12.7. The minimum Gasteiger partial charge on any atom is -0.338 e. The fourth-order valence-corrected chi connectivity index (χ4v) is 2.53. The first-order valence-corrected chi connectivity index (χ1v) is 6.93. The number of amides is 2. The summed E-state index contributed by atoms with van der Waals surface area (Å²) in [5, 5.41) is 3.80. The molecular weight excluding hydrogens is 258 g/mol. The lowest BCUT2D eigenvalue weighted by Crippen LogP contribution is -2.48. The van der Waals surface area contributed by atoms with Crippen LogP contribution in [0.2, 0.25) is 0 Å². The third-order valence-corrected chi connectivity index (χ3v) is 3.72. The maximum atomic E-state index is 11.9. The number of aryl methyl sites for hydroxylation is 1. The summed E-state index contributed by atoms with van der Waals surface area (Å²) in [5.41, 5.74) is 0. The molecule has 0 spiro atoms. The Morgan fingerprint density at radius 3 is 2.50 bits per heavy atom. The first-order chi connectivity index (χ1) is 9.47. The van der Waals surface area contributed by atoms with Gasteiger partial charge in [-0.05, 0) is 19.8 Å². The summed E-state index contributed by atoms with van der Waals surface area (Å²) in [4.78, 5) is 21.9. The summed E-state index contributed by atoms with van der Waals surface area (Å²) in [6, 6.07) is 0.376. The highest BCUT2D eigenvalue weighted by atomic mass is 16.5. The van der Waals surface area contributed by atoms with E-state index >= 15 is 0 Å². The molecule has 1 aromatic heterocycles. The molecule has 7 nitrogen and oxygen atoms in total. The molecule has 0 aliphatic carbocycles. The van der Waals surface area contributed by atoms with E-state index in [1.165, 1.54) is 0 Å². The van der Waals surface area contributed by atoms with Crippen LogP contribution in [0.15, 0.2) is 4.52 Å². The van der Waals surface area contributed by atoms with Crippen molar-refractivity contribution in [3.63, 3.8) is 0 Å². The minimum absolute atomic E-state index is 0.0657. The predicted molar refractivity (Wildman–Crippen MR) is 74.2 cm³/mol. The van der Waals surface area contributed by atoms with E-state index in [9.17, 15) is 4.79 Å². The van der Waals surface area contributed by atoms with Crippen LogP contribution in [0.3, 0.4) is 0 Å². The van der Waals surface area contributed by atoms with Crippen LogP contribution in [0.5, 0.6) is 0 Å². The SMILES string of the molecule is Cc1noc(CN2CCC(N(C)C(=O)N(C)C)CC2)n1. The largest absolute Gasteiger partial charge is 0.338 e. The lowest BCUT2D eigenvalue weighted by molar-refractivity contribution is 0.112. The van der Waals surface area contributed by atoms with Crippen LogP contribution >= 0.6 is 0 Å². The fourth-order valence-electron chi connectivity index (χ4n) is 2.53. The average Bonchev–Trinajstić information content (AvgIpc) is 2.83. The van der Waals surface area contributed by atoms with Gasteiger partial charge in [-0.15, -0.1) is 0 Å². The van der Waals surface area contributed by atoms with E-state index in [0.717, 1.165) is 25.9 Å². The van der Waals surface area contributed by atoms with Gasteiger partial charge in [0.1, 0.15) is 0 Å². The van der Waals surface area contributed by atoms with Crippen LogP contribution in [0.1, 0.15) is 24.6 Å². The molecule has 0 aromatic carbocycles. The van der Waals surface area contributed by atoms with E-state index in [1.54, 1.807) is 19.0 Å². The van der Waals surface area contributed by atoms with Gasteiger partial charge in [0.15, 0.2) is 5.82 Å². The molecule has 112 valence electrons. The van der Waals surface area contributed by atoms with Crippen molar-refractivity contribution in [3.8, 4) is 0 Å². The van der Waals surface area contributed by atoms with Crippen LogP contribution in [-0.2, 0) is 6.54 Å². The fraction of sp³-hybridized carbons (Fsp3) is 0.769. The van der Waals surface area contributed by atoms with E-state index in [-0.39, 0.29) is 6.03 Å². The number of rotatable bonds is 3. The lowest BCUT2D eigenvalue weighted by Gasteiger charge is -2.37. The molecule has 1 aliphatic rings. The number of hydrogen-bond donors (Lipinski definition) is 0. The first kappa shape index (κ1) is 14.8. The summed E-state index contributed by atoms with van der Waals surface area (Å²) >= 11 is 0. The van der Waals surface area contributed by atoms with Gasteiger partial charge in [0, 0.05) is 40.3 Å². The molecule has 1 saturated heterocycles. The summed E-state index contributed by atoms with van der Waals surface area (Å²) in [6.45, 7) is 4.40. The van der Waals surface area contributed by atoms with E-state index < -0.39 is 0 Å². The molecule has 20 heavy (non-hydrogen) atoms. The second kappa shape index (κ2) is 6.21. The third-order valence-electron chi connectivity index (χ3n) is 3.72. The zero-order chi connectivity index (χ0) is 14.7. The van der Waals surface area contributed by atoms with Crippen molar-refractivity contribution >= 4 is 6.03 Å². The Labute approximate surface area is 119 Å². The highest BCUT2D eigenvalue weighted by molar-refractivity contribution is 5.73. The molecule has 0 saturated carbocycles. The summed E-state index contributed by atoms with van der Waals surface area (Å²) in [6.07, 6.45) is 1.95. The Hall–Kier alpha value is -1.63. The highest BCUT2D eigenvalue weighted by Crippen LogP contribution is 2.17. The van der Waals surface area contributed by atoms with Crippen molar-refractivity contribution in [3.05, 3.63) is 11.7 Å². The van der Waals surface area contributed by atoms with Gasteiger partial charge in [-0.2, -0.15) is 4.98 Å². The summed E-state index contributed by atoms with van der Waals surface area (Å²) in [7, 11) is 5.45. The Morgan fingerprint density at radius 2 is 2.00 bits per heavy atom. The standard InChI is InChI=1S/C13H23N5O2/c1-10-14-12(20-15-10)9-18-7-5-11(6-8-18)17(4)13(19)16(2)3/h11H,5-9H2,1-4H3. The molecule has 7 heteroatoms. The first-order valence-electron chi connectivity index (χ1n) is 6.93. The van der Waals surface area contributed by atoms with E-state index in [0.29, 0.717) is 24.3 Å². The number of urea groups is 1. The molecule has 2 amide bonds. The van der Waals surface area contributed by atoms with Gasteiger partial charge in [0.25, 0.3) is 0 Å². The van der Waals surface area contributed by atoms with Crippen LogP contribution in [-0.4, -0.2) is 71.1 Å². The van der Waals surface area contributed by atoms with Crippen LogP contribution in [0, 0.1) is 6.92 Å². The van der Waals surface area contributed by atoms with Crippen molar-refractivity contribution in [2.45, 2.75) is 32.4 Å². The molecule has 1 aliphatic heterocycles. The number of aromatic nitrogens is 2. The number of carbonyl (C=O) groups excluding carboxylic acids is 1. The maximum Gasteiger partial charge on any atom is 0.319 e. The van der Waals surface area contributed by atoms with Crippen molar-refractivity contribution in [2.24, 2.45) is 0 Å². The van der Waals surface area contributed by atoms with Crippen molar-refractivity contribution in [2.75, 3.05) is 34.2 Å². The second-order valence-electron chi connectivity index (χ2n) is 5.53. The predicted octanol–water partition coefficient (Wildman–Crippen LogP) is 0.956. The normalized spacial score (nSPS) is 17.2. The number of piperidine rings is 1. The summed E-state index contributed by atoms with van der Waals surface area (Å²) < 4.78 is 5.14. The van der Waals surface area contributed by atoms with E-state index in [2.05, 4.69) is 15.0 Å². The number of likely N-dealkylation sites (tertiary alicyclic amines) is 1. The van der Waals surface area contributed by atoms with Gasteiger partial charge in [0.05, 0.1) is 6.54 Å². The Kier molecular flexibility index (Phi) is 4.59. The monoisotopic (exact) mass is 281 g/mol. The Morgan fingerprint density at radius 1 is 1.35 bits per heavy atom. The quantitative estimate of drug-likeness (QED) is 0.825. The van der Waals surface area contributed by atoms with Crippen LogP contribution in [0.25, 0.3) is 0 Å². The van der Waals surface area contributed by atoms with Crippen molar-refractivity contribution in [1.29, 1.82) is 0 Å². The van der Waals surface area contributed by atoms with Crippen molar-refractivity contribution in [1.82, 2.24) is 24.8 Å². The zero-order valence-corrected chi connectivity index (χ0v) is 12.7. The number of hydrogen-bond acceptors (Lipinski definition) is 5. The molecule has 1 aromatic rings. The number of carbonyl (C=O) groups is 1. The van der Waals surface area contributed by atoms with E-state index in [4.69, 9.17) is 4.52 Å². The van der Waals surface area contributed by atoms with Gasteiger partial charge < -0.3 is 14.3 Å². The van der Waals surface area contributed by atoms with Crippen LogP contribution in [0.4, 0.5) is 4.79 Å². The maximum absolute atomic E-state index is 11.9. The molecule has 0 atom stereocenters. The van der Waals surface area contributed by atoms with Gasteiger partial charge in [-0.3, -0.25) is 4.90 Å². The topological polar surface area (TPSA) is 65.7 Å². The molecule has 2 rings (SSSR count). The second-order valence-corrected chi connectivity index (χ2v) is 5.53. The van der Waals surface area contributed by atoms with Gasteiger partial charge >= 0.3 is 6.03 Å². The van der Waals surface area contributed by atoms with Crippen molar-refractivity contribution < 1.29 is 9.32 Å². The third kappa shape index (κ3) is 3.47. The molecule has 2 heterocycles. The molecule has 0 N–H and O–H groups in total. The van der Waals surface area contributed by atoms with Gasteiger partial charge in [-0.25, -0.2) is 4.79 Å². The van der Waals surface area contributed by atoms with Gasteiger partial charge in [0.2, 0.25) is 5.89 Å². The Bertz CT molecular complexity index is 451. The average molecular weight is 281 g/mol. The van der Waals surface area contributed by atoms with Gasteiger partial charge in [-0.1, -0.05) is 5.16 Å². The molecule has 0 radical (unpaired) electrons.